The number of aryl methyl sites for hydroxylation is 2. The fraction of sp³-hybridized carbons (Fsp3) is 0.417. The fourth-order valence-corrected chi connectivity index (χ4v) is 2.39. The molecule has 0 saturated carbocycles. The minimum atomic E-state index is -0.0363. The maximum atomic E-state index is 8.75. The van der Waals surface area contributed by atoms with Crippen molar-refractivity contribution in [2.75, 3.05) is 18.9 Å². The molecule has 17 heavy (non-hydrogen) atoms. The van der Waals surface area contributed by atoms with Crippen LogP contribution in [0.5, 0.6) is 5.88 Å². The molecule has 0 saturated heterocycles. The Morgan fingerprint density at radius 3 is 3.12 bits per heavy atom. The second kappa shape index (κ2) is 3.92. The number of aliphatic hydroxyl groups excluding tert-OH is 1. The van der Waals surface area contributed by atoms with Crippen molar-refractivity contribution in [3.63, 3.8) is 0 Å². The van der Waals surface area contributed by atoms with E-state index in [1.807, 2.05) is 10.6 Å². The Balaban J connectivity index is 2.12. The molecule has 1 aliphatic rings. The number of nitrogen functional groups attached to an aromatic ring is 1. The number of ether oxygens (including phenoxy) is 1. The molecule has 3 N–H and O–H groups in total. The molecular weight excluding hydrogens is 218 g/mol. The van der Waals surface area contributed by atoms with E-state index in [0.29, 0.717) is 11.6 Å². The average Bonchev–Trinajstić information content (AvgIpc) is 2.91. The Kier molecular flexibility index (Phi) is 2.40. The zero-order valence-electron chi connectivity index (χ0n) is 9.52. The predicted molar refractivity (Wildman–Crippen MR) is 64.2 cm³/mol. The Labute approximate surface area is 98.8 Å². The van der Waals surface area contributed by atoms with Gasteiger partial charge < -0.3 is 15.6 Å². The van der Waals surface area contributed by atoms with Crippen LogP contribution in [0.1, 0.15) is 17.7 Å². The molecule has 0 spiro atoms. The van der Waals surface area contributed by atoms with Gasteiger partial charge in [0.25, 0.3) is 5.88 Å². The molecule has 0 radical (unpaired) electrons. The lowest BCUT2D eigenvalue weighted by Crippen LogP contribution is -2.03. The summed E-state index contributed by atoms with van der Waals surface area (Å²) >= 11 is 0. The van der Waals surface area contributed by atoms with E-state index in [9.17, 15) is 0 Å². The van der Waals surface area contributed by atoms with Crippen LogP contribution in [0.15, 0.2) is 12.1 Å². The first-order chi connectivity index (χ1) is 8.31. The minimum absolute atomic E-state index is 0.0363. The number of nitrogens with two attached hydrogens (primary N) is 1. The largest absolute Gasteiger partial charge is 0.473 e. The molecule has 2 heterocycles. The number of pyridine rings is 1. The van der Waals surface area contributed by atoms with Gasteiger partial charge in [-0.05, 0) is 30.9 Å². The van der Waals surface area contributed by atoms with Crippen molar-refractivity contribution in [3.05, 3.63) is 23.4 Å². The van der Waals surface area contributed by atoms with Gasteiger partial charge >= 0.3 is 0 Å². The third-order valence-electron chi connectivity index (χ3n) is 3.18. The van der Waals surface area contributed by atoms with Crippen molar-refractivity contribution < 1.29 is 9.84 Å². The topological polar surface area (TPSA) is 72.8 Å². The minimum Gasteiger partial charge on any atom is -0.473 e. The highest BCUT2D eigenvalue weighted by Gasteiger charge is 2.18. The van der Waals surface area contributed by atoms with Gasteiger partial charge in [-0.1, -0.05) is 6.07 Å². The summed E-state index contributed by atoms with van der Waals surface area (Å²) in [5.74, 6) is 0.416. The lowest BCUT2D eigenvalue weighted by atomic mass is 10.2. The Bertz CT molecular complexity index is 562. The smallest absolute Gasteiger partial charge is 0.257 e. The lowest BCUT2D eigenvalue weighted by molar-refractivity contribution is 0.197. The van der Waals surface area contributed by atoms with Gasteiger partial charge in [-0.2, -0.15) is 0 Å². The first-order valence-electron chi connectivity index (χ1n) is 5.84. The van der Waals surface area contributed by atoms with Crippen molar-refractivity contribution in [2.45, 2.75) is 19.3 Å². The standard InChI is InChI=1S/C12H15N3O2/c13-11-10-5-4-8-2-1-3-9(8)15(10)14-12(11)17-7-6-16/h4-5,16H,1-3,6-7,13H2. The summed E-state index contributed by atoms with van der Waals surface area (Å²) in [6.45, 7) is 0.182. The number of hydrogen-bond donors (Lipinski definition) is 2. The van der Waals surface area contributed by atoms with Crippen molar-refractivity contribution >= 4 is 11.2 Å². The zero-order chi connectivity index (χ0) is 11.8. The van der Waals surface area contributed by atoms with Crippen LogP contribution in [0.2, 0.25) is 0 Å². The van der Waals surface area contributed by atoms with E-state index < -0.39 is 0 Å². The summed E-state index contributed by atoms with van der Waals surface area (Å²) in [7, 11) is 0. The lowest BCUT2D eigenvalue weighted by Gasteiger charge is -2.01. The van der Waals surface area contributed by atoms with Gasteiger partial charge in [0.1, 0.15) is 12.3 Å². The van der Waals surface area contributed by atoms with Crippen LogP contribution >= 0.6 is 0 Å². The maximum Gasteiger partial charge on any atom is 0.257 e. The monoisotopic (exact) mass is 233 g/mol. The number of rotatable bonds is 3. The summed E-state index contributed by atoms with van der Waals surface area (Å²) < 4.78 is 7.20. The molecule has 0 aromatic carbocycles. The van der Waals surface area contributed by atoms with Gasteiger partial charge in [0.05, 0.1) is 12.1 Å². The predicted octanol–water partition coefficient (Wildman–Crippen LogP) is 0.776. The van der Waals surface area contributed by atoms with E-state index in [0.717, 1.165) is 18.4 Å². The number of hydrogen-bond acceptors (Lipinski definition) is 4. The third-order valence-corrected chi connectivity index (χ3v) is 3.18. The Morgan fingerprint density at radius 1 is 1.41 bits per heavy atom. The molecule has 0 unspecified atom stereocenters. The summed E-state index contributed by atoms with van der Waals surface area (Å²) in [5, 5.41) is 13.1. The zero-order valence-corrected chi connectivity index (χ0v) is 9.52. The second-order valence-corrected chi connectivity index (χ2v) is 4.25. The van der Waals surface area contributed by atoms with Crippen LogP contribution in [0.25, 0.3) is 5.52 Å². The van der Waals surface area contributed by atoms with Crippen LogP contribution in [0.3, 0.4) is 0 Å². The highest BCUT2D eigenvalue weighted by molar-refractivity contribution is 5.75. The van der Waals surface area contributed by atoms with Gasteiger partial charge in [-0.15, -0.1) is 5.10 Å². The fourth-order valence-electron chi connectivity index (χ4n) is 2.39. The first kappa shape index (κ1) is 10.4. The number of aromatic nitrogens is 2. The summed E-state index contributed by atoms with van der Waals surface area (Å²) in [5.41, 5.74) is 9.99. The summed E-state index contributed by atoms with van der Waals surface area (Å²) in [4.78, 5) is 0. The van der Waals surface area contributed by atoms with Crippen LogP contribution < -0.4 is 10.5 Å². The van der Waals surface area contributed by atoms with E-state index in [1.165, 1.54) is 17.7 Å². The first-order valence-corrected chi connectivity index (χ1v) is 5.84. The van der Waals surface area contributed by atoms with Crippen molar-refractivity contribution in [1.82, 2.24) is 9.61 Å². The van der Waals surface area contributed by atoms with Crippen molar-refractivity contribution in [3.8, 4) is 5.88 Å². The molecule has 2 aromatic rings. The quantitative estimate of drug-likeness (QED) is 0.821. The number of fused-ring (bicyclic) bond motifs is 3. The third kappa shape index (κ3) is 1.54. The molecular formula is C12H15N3O2. The average molecular weight is 233 g/mol. The van der Waals surface area contributed by atoms with E-state index >= 15 is 0 Å². The molecule has 1 aliphatic carbocycles. The number of nitrogens with zero attached hydrogens (tertiary/aromatic N) is 2. The molecule has 90 valence electrons. The normalized spacial score (nSPS) is 14.2. The molecule has 5 heteroatoms. The van der Waals surface area contributed by atoms with Crippen LogP contribution in [0.4, 0.5) is 5.69 Å². The van der Waals surface area contributed by atoms with Crippen LogP contribution in [-0.2, 0) is 12.8 Å². The highest BCUT2D eigenvalue weighted by Crippen LogP contribution is 2.30. The Morgan fingerprint density at radius 2 is 2.29 bits per heavy atom. The molecule has 0 atom stereocenters. The molecule has 0 bridgehead atoms. The molecule has 0 fully saturated rings. The molecule has 0 amide bonds. The molecule has 2 aromatic heterocycles. The highest BCUT2D eigenvalue weighted by atomic mass is 16.5. The van der Waals surface area contributed by atoms with Gasteiger partial charge in [0, 0.05) is 5.69 Å². The molecule has 5 nitrogen and oxygen atoms in total. The summed E-state index contributed by atoms with van der Waals surface area (Å²) in [6.07, 6.45) is 3.31. The van der Waals surface area contributed by atoms with E-state index in [2.05, 4.69) is 11.2 Å². The van der Waals surface area contributed by atoms with Gasteiger partial charge in [0.2, 0.25) is 0 Å². The van der Waals surface area contributed by atoms with Gasteiger partial charge in [-0.25, -0.2) is 4.52 Å². The number of anilines is 1. The van der Waals surface area contributed by atoms with E-state index in [1.54, 1.807) is 0 Å². The van der Waals surface area contributed by atoms with Crippen LogP contribution in [0, 0.1) is 0 Å². The summed E-state index contributed by atoms with van der Waals surface area (Å²) in [6, 6.07) is 4.10. The Hall–Kier alpha value is -1.75. The van der Waals surface area contributed by atoms with Crippen molar-refractivity contribution in [2.24, 2.45) is 0 Å². The van der Waals surface area contributed by atoms with Crippen molar-refractivity contribution in [1.29, 1.82) is 0 Å². The molecule has 0 aliphatic heterocycles. The van der Waals surface area contributed by atoms with Crippen LogP contribution in [-0.4, -0.2) is 27.9 Å². The maximum absolute atomic E-state index is 8.75. The van der Waals surface area contributed by atoms with E-state index in [4.69, 9.17) is 15.6 Å². The number of aliphatic hydroxyl groups is 1. The second-order valence-electron chi connectivity index (χ2n) is 4.25. The van der Waals surface area contributed by atoms with Gasteiger partial charge in [-0.3, -0.25) is 0 Å². The molecule has 3 rings (SSSR count). The SMILES string of the molecule is Nc1c(OCCO)nn2c3c(ccc12)CCC3. The van der Waals surface area contributed by atoms with E-state index in [-0.39, 0.29) is 13.2 Å². The van der Waals surface area contributed by atoms with Gasteiger partial charge in [0.15, 0.2) is 0 Å².